The number of anilines is 1. The number of nitrogens with zero attached hydrogens (tertiary/aromatic N) is 1. The molecule has 3 aliphatic heterocycles. The van der Waals surface area contributed by atoms with E-state index < -0.39 is 53.7 Å². The quantitative estimate of drug-likeness (QED) is 0.182. The Hall–Kier alpha value is -3.20. The molecule has 0 spiro atoms. The van der Waals surface area contributed by atoms with Gasteiger partial charge in [0.25, 0.3) is 0 Å². The second-order valence-corrected chi connectivity index (χ2v) is 16.3. The van der Waals surface area contributed by atoms with Crippen molar-refractivity contribution in [2.45, 2.75) is 81.5 Å². The van der Waals surface area contributed by atoms with E-state index in [4.69, 9.17) is 35.3 Å². The van der Waals surface area contributed by atoms with Gasteiger partial charge >= 0.3 is 12.1 Å². The predicted octanol–water partition coefficient (Wildman–Crippen LogP) is 6.49. The van der Waals surface area contributed by atoms with Crippen LogP contribution < -0.4 is 15.0 Å². The first kappa shape index (κ1) is 39.0. The number of ether oxygens (including phenoxy) is 5. The zero-order valence-corrected chi connectivity index (χ0v) is 32.2. The van der Waals surface area contributed by atoms with Crippen LogP contribution in [0.5, 0.6) is 5.75 Å². The molecule has 2 N–H and O–H groups in total. The van der Waals surface area contributed by atoms with E-state index >= 15 is 0 Å². The molecule has 0 radical (unpaired) electrons. The van der Waals surface area contributed by atoms with Crippen LogP contribution in [0.15, 0.2) is 60.2 Å². The van der Waals surface area contributed by atoms with Gasteiger partial charge in [-0.05, 0) is 61.9 Å². The highest BCUT2D eigenvalue weighted by atomic mass is 35.5. The van der Waals surface area contributed by atoms with E-state index in [2.05, 4.69) is 5.32 Å². The van der Waals surface area contributed by atoms with Gasteiger partial charge in [-0.15, -0.1) is 0 Å². The van der Waals surface area contributed by atoms with Crippen LogP contribution in [0.2, 0.25) is 5.02 Å². The van der Waals surface area contributed by atoms with Crippen molar-refractivity contribution in [3.8, 4) is 5.75 Å². The van der Waals surface area contributed by atoms with E-state index in [-0.39, 0.29) is 23.8 Å². The summed E-state index contributed by atoms with van der Waals surface area (Å²) >= 11 is 6.76. The van der Waals surface area contributed by atoms with Crippen molar-refractivity contribution in [2.24, 2.45) is 5.92 Å². The minimum atomic E-state index is -1.79. The molecule has 3 aliphatic rings. The van der Waals surface area contributed by atoms with Crippen LogP contribution in [0.1, 0.15) is 55.1 Å². The largest absolute Gasteiger partial charge is 0.495 e. The maximum atomic E-state index is 14.1. The van der Waals surface area contributed by atoms with Gasteiger partial charge in [0.1, 0.15) is 34.7 Å². The van der Waals surface area contributed by atoms with Gasteiger partial charge in [0.2, 0.25) is 5.91 Å². The highest BCUT2D eigenvalue weighted by Gasteiger charge is 2.64. The molecule has 3 heterocycles. The first-order valence-corrected chi connectivity index (χ1v) is 19.7. The predicted molar refractivity (Wildman–Crippen MR) is 199 cm³/mol. The first-order valence-electron chi connectivity index (χ1n) is 16.6. The Bertz CT molecular complexity index is 1690. The molecule has 276 valence electrons. The molecule has 2 saturated heterocycles. The summed E-state index contributed by atoms with van der Waals surface area (Å²) in [5.41, 5.74) is 0.679. The molecule has 0 aliphatic carbocycles. The lowest BCUT2D eigenvalue weighted by molar-refractivity contribution is -0.142. The van der Waals surface area contributed by atoms with Gasteiger partial charge in [-0.3, -0.25) is 10.1 Å². The third-order valence-corrected chi connectivity index (χ3v) is 11.9. The molecule has 14 heteroatoms. The lowest BCUT2D eigenvalue weighted by atomic mass is 9.83. The van der Waals surface area contributed by atoms with E-state index in [1.807, 2.05) is 50.4 Å². The van der Waals surface area contributed by atoms with Crippen molar-refractivity contribution in [1.82, 2.24) is 5.32 Å². The average molecular weight is 761 g/mol. The van der Waals surface area contributed by atoms with E-state index in [9.17, 15) is 19.5 Å². The summed E-state index contributed by atoms with van der Waals surface area (Å²) in [5, 5.41) is 14.5. The molecule has 11 nitrogen and oxygen atoms in total. The van der Waals surface area contributed by atoms with Crippen molar-refractivity contribution in [2.75, 3.05) is 32.4 Å². The monoisotopic (exact) mass is 760 g/mol. The second-order valence-electron chi connectivity index (χ2n) is 13.3. The maximum Gasteiger partial charge on any atom is 0.409 e. The van der Waals surface area contributed by atoms with E-state index in [1.165, 1.54) is 19.1 Å². The van der Waals surface area contributed by atoms with Gasteiger partial charge in [-0.2, -0.15) is 0 Å². The normalized spacial score (nSPS) is 31.4. The summed E-state index contributed by atoms with van der Waals surface area (Å²) in [6, 6.07) is 10.8. The average Bonchev–Trinajstić information content (AvgIpc) is 3.80. The Morgan fingerprint density at radius 2 is 1.92 bits per heavy atom. The Morgan fingerprint density at radius 3 is 2.59 bits per heavy atom. The number of amides is 2. The molecular weight excluding hydrogens is 716 g/mol. The smallest absolute Gasteiger partial charge is 0.409 e. The number of carbonyl (C=O) groups is 3. The minimum Gasteiger partial charge on any atom is -0.495 e. The number of esters is 1. The van der Waals surface area contributed by atoms with Gasteiger partial charge in [0.15, 0.2) is 5.72 Å². The number of hydrogen-bond acceptors (Lipinski definition) is 11. The number of aliphatic hydroxyl groups is 1. The van der Waals surface area contributed by atoms with Gasteiger partial charge in [-0.1, -0.05) is 76.0 Å². The van der Waals surface area contributed by atoms with Gasteiger partial charge in [-0.25, -0.2) is 9.59 Å². The topological polar surface area (TPSA) is 136 Å². The Balaban J connectivity index is 1.54. The molecule has 2 amide bonds. The number of carbonyl (C=O) groups excluding carboxylic acids is 3. The van der Waals surface area contributed by atoms with Crippen LogP contribution in [0, 0.1) is 5.92 Å². The molecular formula is C37H45ClN2O9S2. The summed E-state index contributed by atoms with van der Waals surface area (Å²) in [5.74, 6) is -0.275. The van der Waals surface area contributed by atoms with Gasteiger partial charge < -0.3 is 33.7 Å². The number of rotatable bonds is 7. The zero-order chi connectivity index (χ0) is 37.1. The summed E-state index contributed by atoms with van der Waals surface area (Å²) in [6.07, 6.45) is 3.39. The van der Waals surface area contributed by atoms with Crippen molar-refractivity contribution in [3.63, 3.8) is 0 Å². The zero-order valence-electron chi connectivity index (χ0n) is 29.8. The molecule has 2 aromatic carbocycles. The summed E-state index contributed by atoms with van der Waals surface area (Å²) in [4.78, 5) is 42.0. The van der Waals surface area contributed by atoms with Crippen LogP contribution >= 0.6 is 33.2 Å². The lowest BCUT2D eigenvalue weighted by Gasteiger charge is -2.42. The summed E-state index contributed by atoms with van der Waals surface area (Å²) in [6.45, 7) is 5.54. The molecule has 51 heavy (non-hydrogen) atoms. The van der Waals surface area contributed by atoms with Crippen LogP contribution in [-0.4, -0.2) is 86.3 Å². The van der Waals surface area contributed by atoms with Crippen molar-refractivity contribution < 1.29 is 43.2 Å². The van der Waals surface area contributed by atoms with Crippen LogP contribution in [0.4, 0.5) is 10.5 Å². The van der Waals surface area contributed by atoms with E-state index in [0.29, 0.717) is 23.4 Å². The number of alkyl carbamates (subject to hydrolysis) is 1. The van der Waals surface area contributed by atoms with Crippen molar-refractivity contribution in [3.05, 3.63) is 81.9 Å². The molecule has 0 aromatic heterocycles. The number of nitrogens with one attached hydrogen (secondary N) is 1. The van der Waals surface area contributed by atoms with Crippen molar-refractivity contribution in [1.29, 1.82) is 0 Å². The number of hydrogen-bond donors (Lipinski definition) is 2. The third-order valence-electron chi connectivity index (χ3n) is 9.73. The molecule has 4 bridgehead atoms. The number of fused-ring (bicyclic) bond motifs is 5. The molecule has 2 aromatic rings. The van der Waals surface area contributed by atoms with Crippen LogP contribution in [-0.2, 0) is 35.9 Å². The van der Waals surface area contributed by atoms with Crippen LogP contribution in [0.25, 0.3) is 0 Å². The minimum absolute atomic E-state index is 0.0151. The third kappa shape index (κ3) is 8.72. The van der Waals surface area contributed by atoms with Crippen LogP contribution in [0.3, 0.4) is 0 Å². The summed E-state index contributed by atoms with van der Waals surface area (Å²) < 4.78 is 29.3. The molecule has 5 rings (SSSR count). The number of benzene rings is 2. The number of methoxy groups -OCH3 is 2. The Morgan fingerprint density at radius 1 is 1.20 bits per heavy atom. The molecule has 7 atom stereocenters. The molecule has 2 fully saturated rings. The fourth-order valence-corrected chi connectivity index (χ4v) is 8.19. The fraction of sp³-hybridized carbons (Fsp3) is 0.486. The van der Waals surface area contributed by atoms with Crippen molar-refractivity contribution >= 4 is 56.8 Å². The van der Waals surface area contributed by atoms with Gasteiger partial charge in [0.05, 0.1) is 30.9 Å². The standard InChI is InChI=1S/C37H45ClN2O9S2/c1-21-9-8-10-29(46-6)37(44)19-28(47-35(43)39-37)22(2)33-36(3,49-33)30(48-34(42)25-13-11-23(12-14-25)20-51-50-7)18-31(41)40(4)26-16-24(15-21)17-27(45-5)32(26)38/h8-14,16-17,22,28-30,33,44H,15,18-20H2,1-7H3,(H,39,43)/b10-8+,21-9+. The number of halogens is 1. The number of allylic oxidation sites excluding steroid dienone is 3. The first-order chi connectivity index (χ1) is 24.2. The second kappa shape index (κ2) is 16.2. The fourth-order valence-electron chi connectivity index (χ4n) is 6.67. The van der Waals surface area contributed by atoms with E-state index in [0.717, 1.165) is 22.5 Å². The Kier molecular flexibility index (Phi) is 12.4. The SMILES string of the molecule is COc1cc2cc(c1Cl)N(C)C(=O)CC(OC(=O)c1ccc(CSSC)cc1)C1(C)OC1C(C)C1CC(O)(NC(=O)O1)C(OC)/C=C/C=C(\C)C2. The molecule has 7 unspecified atom stereocenters. The van der Waals surface area contributed by atoms with Gasteiger partial charge in [0, 0.05) is 32.2 Å². The highest BCUT2D eigenvalue weighted by Crippen LogP contribution is 2.49. The lowest BCUT2D eigenvalue weighted by Crippen LogP contribution is -2.63. The number of epoxide rings is 1. The van der Waals surface area contributed by atoms with E-state index in [1.54, 1.807) is 59.8 Å². The summed E-state index contributed by atoms with van der Waals surface area (Å²) in [7, 11) is 7.92. The molecule has 0 saturated carbocycles. The Labute approximate surface area is 311 Å². The highest BCUT2D eigenvalue weighted by molar-refractivity contribution is 8.76. The maximum absolute atomic E-state index is 14.1.